The van der Waals surface area contributed by atoms with Crippen LogP contribution < -0.4 is 15.4 Å². The van der Waals surface area contributed by atoms with E-state index in [2.05, 4.69) is 32.6 Å². The Morgan fingerprint density at radius 2 is 2.22 bits per heavy atom. The number of amides is 1. The SMILES string of the molecule is CC(CNC1CCOc2ccc(Br)cc21)NC(=O)OC(C)(C)C. The Morgan fingerprint density at radius 3 is 2.91 bits per heavy atom. The number of ether oxygens (including phenoxy) is 2. The van der Waals surface area contributed by atoms with E-state index < -0.39 is 5.60 Å². The lowest BCUT2D eigenvalue weighted by molar-refractivity contribution is 0.0507. The summed E-state index contributed by atoms with van der Waals surface area (Å²) < 4.78 is 12.0. The molecule has 1 heterocycles. The van der Waals surface area contributed by atoms with E-state index in [1.807, 2.05) is 39.8 Å². The van der Waals surface area contributed by atoms with Gasteiger partial charge in [-0.2, -0.15) is 0 Å². The second-order valence-electron chi connectivity index (χ2n) is 6.83. The molecule has 0 radical (unpaired) electrons. The van der Waals surface area contributed by atoms with E-state index >= 15 is 0 Å². The van der Waals surface area contributed by atoms with E-state index in [0.29, 0.717) is 13.2 Å². The third-order valence-corrected chi connectivity index (χ3v) is 3.94. The summed E-state index contributed by atoms with van der Waals surface area (Å²) in [6, 6.07) is 6.24. The van der Waals surface area contributed by atoms with Gasteiger partial charge < -0.3 is 20.1 Å². The number of benzene rings is 1. The molecule has 2 N–H and O–H groups in total. The van der Waals surface area contributed by atoms with Crippen LogP contribution in [0.25, 0.3) is 0 Å². The third-order valence-electron chi connectivity index (χ3n) is 3.44. The van der Waals surface area contributed by atoms with E-state index in [0.717, 1.165) is 22.2 Å². The summed E-state index contributed by atoms with van der Waals surface area (Å²) in [7, 11) is 0. The van der Waals surface area contributed by atoms with E-state index in [-0.39, 0.29) is 18.2 Å². The normalized spacial score (nSPS) is 18.6. The Morgan fingerprint density at radius 1 is 1.48 bits per heavy atom. The molecular weight excluding hydrogens is 360 g/mol. The average molecular weight is 385 g/mol. The van der Waals surface area contributed by atoms with Crippen molar-refractivity contribution >= 4 is 22.0 Å². The maximum atomic E-state index is 11.8. The smallest absolute Gasteiger partial charge is 0.407 e. The molecule has 23 heavy (non-hydrogen) atoms. The molecule has 1 aliphatic heterocycles. The first-order chi connectivity index (χ1) is 10.7. The number of hydrogen-bond acceptors (Lipinski definition) is 4. The summed E-state index contributed by atoms with van der Waals surface area (Å²) in [5.41, 5.74) is 0.665. The van der Waals surface area contributed by atoms with Gasteiger partial charge in [0.2, 0.25) is 0 Å². The Labute approximate surface area is 146 Å². The number of hydrogen-bond donors (Lipinski definition) is 2. The van der Waals surface area contributed by atoms with Crippen LogP contribution in [0.1, 0.15) is 45.7 Å². The van der Waals surface area contributed by atoms with Crippen molar-refractivity contribution in [3.05, 3.63) is 28.2 Å². The molecule has 0 saturated heterocycles. The maximum absolute atomic E-state index is 11.8. The molecular formula is C17H25BrN2O3. The van der Waals surface area contributed by atoms with Crippen LogP contribution in [0, 0.1) is 0 Å². The predicted octanol–water partition coefficient (Wildman–Crippen LogP) is 3.78. The molecule has 128 valence electrons. The summed E-state index contributed by atoms with van der Waals surface area (Å²) >= 11 is 3.50. The van der Waals surface area contributed by atoms with Gasteiger partial charge in [0.05, 0.1) is 6.61 Å². The van der Waals surface area contributed by atoms with Crippen molar-refractivity contribution in [3.8, 4) is 5.75 Å². The minimum Gasteiger partial charge on any atom is -0.493 e. The van der Waals surface area contributed by atoms with Crippen LogP contribution in [-0.4, -0.2) is 30.9 Å². The maximum Gasteiger partial charge on any atom is 0.407 e. The molecule has 2 rings (SSSR count). The summed E-state index contributed by atoms with van der Waals surface area (Å²) in [5, 5.41) is 6.35. The molecule has 1 aliphatic rings. The van der Waals surface area contributed by atoms with Gasteiger partial charge in [0.15, 0.2) is 0 Å². The number of carbonyl (C=O) groups excluding carboxylic acids is 1. The van der Waals surface area contributed by atoms with E-state index in [1.165, 1.54) is 0 Å². The molecule has 1 amide bonds. The molecule has 1 aromatic rings. The minimum atomic E-state index is -0.483. The van der Waals surface area contributed by atoms with Crippen molar-refractivity contribution < 1.29 is 14.3 Å². The zero-order valence-corrected chi connectivity index (χ0v) is 15.7. The fourth-order valence-corrected chi connectivity index (χ4v) is 2.83. The lowest BCUT2D eigenvalue weighted by atomic mass is 10.0. The standard InChI is InChI=1S/C17H25BrN2O3/c1-11(20-16(21)23-17(2,3)4)10-19-14-7-8-22-15-6-5-12(18)9-13(14)15/h5-6,9,11,14,19H,7-8,10H2,1-4H3,(H,20,21). The lowest BCUT2D eigenvalue weighted by Crippen LogP contribution is -2.43. The number of nitrogens with one attached hydrogen (secondary N) is 2. The number of halogens is 1. The number of rotatable bonds is 4. The topological polar surface area (TPSA) is 59.6 Å². The highest BCUT2D eigenvalue weighted by Gasteiger charge is 2.23. The first kappa shape index (κ1) is 18.1. The lowest BCUT2D eigenvalue weighted by Gasteiger charge is -2.28. The van der Waals surface area contributed by atoms with Crippen molar-refractivity contribution in [2.24, 2.45) is 0 Å². The van der Waals surface area contributed by atoms with Gasteiger partial charge in [0.25, 0.3) is 0 Å². The molecule has 6 heteroatoms. The van der Waals surface area contributed by atoms with Crippen LogP contribution in [0.4, 0.5) is 4.79 Å². The fraction of sp³-hybridized carbons (Fsp3) is 0.588. The van der Waals surface area contributed by atoms with Crippen molar-refractivity contribution in [3.63, 3.8) is 0 Å². The third kappa shape index (κ3) is 5.70. The monoisotopic (exact) mass is 384 g/mol. The van der Waals surface area contributed by atoms with Gasteiger partial charge in [-0.05, 0) is 45.9 Å². The van der Waals surface area contributed by atoms with Gasteiger partial charge in [0.1, 0.15) is 11.4 Å². The van der Waals surface area contributed by atoms with Crippen molar-refractivity contribution in [2.45, 2.75) is 51.8 Å². The first-order valence-electron chi connectivity index (χ1n) is 7.90. The van der Waals surface area contributed by atoms with E-state index in [4.69, 9.17) is 9.47 Å². The van der Waals surface area contributed by atoms with Crippen molar-refractivity contribution in [1.29, 1.82) is 0 Å². The van der Waals surface area contributed by atoms with Crippen LogP contribution in [0.15, 0.2) is 22.7 Å². The summed E-state index contributed by atoms with van der Waals surface area (Å²) in [5.74, 6) is 0.921. The highest BCUT2D eigenvalue weighted by Crippen LogP contribution is 2.33. The molecule has 0 aliphatic carbocycles. The Bertz CT molecular complexity index is 557. The number of carbonyl (C=O) groups is 1. The number of fused-ring (bicyclic) bond motifs is 1. The van der Waals surface area contributed by atoms with E-state index in [1.54, 1.807) is 0 Å². The van der Waals surface area contributed by atoms with Gasteiger partial charge in [-0.3, -0.25) is 0 Å². The molecule has 0 aromatic heterocycles. The van der Waals surface area contributed by atoms with Gasteiger partial charge in [-0.15, -0.1) is 0 Å². The Kier molecular flexibility index (Phi) is 5.92. The summed E-state index contributed by atoms with van der Waals surface area (Å²) in [6.45, 7) is 8.87. The molecule has 0 fully saturated rings. The Hall–Kier alpha value is -1.27. The Balaban J connectivity index is 1.87. The predicted molar refractivity (Wildman–Crippen MR) is 93.8 cm³/mol. The van der Waals surface area contributed by atoms with Gasteiger partial charge in [-0.25, -0.2) is 4.79 Å². The largest absolute Gasteiger partial charge is 0.493 e. The zero-order valence-electron chi connectivity index (χ0n) is 14.1. The van der Waals surface area contributed by atoms with E-state index in [9.17, 15) is 4.79 Å². The number of alkyl carbamates (subject to hydrolysis) is 1. The van der Waals surface area contributed by atoms with Gasteiger partial charge in [-0.1, -0.05) is 15.9 Å². The van der Waals surface area contributed by atoms with Gasteiger partial charge in [0, 0.05) is 35.1 Å². The van der Waals surface area contributed by atoms with Crippen molar-refractivity contribution in [2.75, 3.05) is 13.2 Å². The molecule has 1 aromatic carbocycles. The fourth-order valence-electron chi connectivity index (χ4n) is 2.46. The van der Waals surface area contributed by atoms with Gasteiger partial charge >= 0.3 is 6.09 Å². The van der Waals surface area contributed by atoms with Crippen LogP contribution in [0.3, 0.4) is 0 Å². The zero-order chi connectivity index (χ0) is 17.0. The highest BCUT2D eigenvalue weighted by atomic mass is 79.9. The van der Waals surface area contributed by atoms with Crippen LogP contribution in [0.5, 0.6) is 5.75 Å². The molecule has 0 saturated carbocycles. The summed E-state index contributed by atoms with van der Waals surface area (Å²) in [4.78, 5) is 11.8. The van der Waals surface area contributed by atoms with Crippen LogP contribution >= 0.6 is 15.9 Å². The van der Waals surface area contributed by atoms with Crippen LogP contribution in [0.2, 0.25) is 0 Å². The van der Waals surface area contributed by atoms with Crippen molar-refractivity contribution in [1.82, 2.24) is 10.6 Å². The molecule has 5 nitrogen and oxygen atoms in total. The second-order valence-corrected chi connectivity index (χ2v) is 7.74. The first-order valence-corrected chi connectivity index (χ1v) is 8.69. The molecule has 2 atom stereocenters. The quantitative estimate of drug-likeness (QED) is 0.828. The van der Waals surface area contributed by atoms with Crippen LogP contribution in [-0.2, 0) is 4.74 Å². The highest BCUT2D eigenvalue weighted by molar-refractivity contribution is 9.10. The minimum absolute atomic E-state index is 0.0247. The average Bonchev–Trinajstić information content (AvgIpc) is 2.42. The molecule has 2 unspecified atom stereocenters. The molecule has 0 bridgehead atoms. The second kappa shape index (κ2) is 7.53. The molecule has 0 spiro atoms. The summed E-state index contributed by atoms with van der Waals surface area (Å²) in [6.07, 6.45) is 0.518.